The Bertz CT molecular complexity index is 505. The molecule has 0 bridgehead atoms. The molecule has 0 aliphatic heterocycles. The number of aromatic carboxylic acids is 1. The number of nitro benzene ring substituents is 1. The number of nitro groups is 1. The second-order valence-corrected chi connectivity index (χ2v) is 3.50. The van der Waals surface area contributed by atoms with Crippen molar-refractivity contribution in [3.8, 4) is 12.3 Å². The van der Waals surface area contributed by atoms with Gasteiger partial charge in [-0.2, -0.15) is 0 Å². The number of hydrogen-bond donors (Lipinski definition) is 2. The Morgan fingerprint density at radius 3 is 2.83 bits per heavy atom. The minimum absolute atomic E-state index is 0.192. The summed E-state index contributed by atoms with van der Waals surface area (Å²) in [6, 6.07) is 4.13. The topological polar surface area (TPSA) is 92.5 Å². The Balaban J connectivity index is 2.97. The Kier molecular flexibility index (Phi) is 4.69. The van der Waals surface area contributed by atoms with Gasteiger partial charge in [0.05, 0.1) is 4.92 Å². The summed E-state index contributed by atoms with van der Waals surface area (Å²) in [6.45, 7) is 0.452. The van der Waals surface area contributed by atoms with E-state index in [1.54, 1.807) is 0 Å². The number of unbranched alkanes of at least 4 members (excludes halogenated alkanes) is 1. The molecule has 1 rings (SSSR count). The first-order chi connectivity index (χ1) is 8.57. The molecule has 0 aliphatic carbocycles. The van der Waals surface area contributed by atoms with Crippen LogP contribution < -0.4 is 5.32 Å². The van der Waals surface area contributed by atoms with E-state index < -0.39 is 16.6 Å². The molecule has 0 atom stereocenters. The van der Waals surface area contributed by atoms with Crippen LogP contribution in [-0.2, 0) is 0 Å². The molecule has 2 N–H and O–H groups in total. The van der Waals surface area contributed by atoms with Crippen molar-refractivity contribution < 1.29 is 14.8 Å². The summed E-state index contributed by atoms with van der Waals surface area (Å²) >= 11 is 0. The van der Waals surface area contributed by atoms with Crippen LogP contribution in [-0.4, -0.2) is 22.5 Å². The Hall–Kier alpha value is -2.55. The summed E-state index contributed by atoms with van der Waals surface area (Å²) in [4.78, 5) is 21.1. The minimum Gasteiger partial charge on any atom is -0.477 e. The van der Waals surface area contributed by atoms with Crippen LogP contribution in [0.1, 0.15) is 23.2 Å². The number of anilines is 1. The fourth-order valence-electron chi connectivity index (χ4n) is 1.47. The first kappa shape index (κ1) is 13.5. The van der Waals surface area contributed by atoms with Crippen LogP contribution in [0.2, 0.25) is 0 Å². The van der Waals surface area contributed by atoms with Gasteiger partial charge in [-0.3, -0.25) is 10.1 Å². The lowest BCUT2D eigenvalue weighted by Crippen LogP contribution is -2.08. The molecule has 0 saturated carbocycles. The lowest BCUT2D eigenvalue weighted by Gasteiger charge is -2.07. The Morgan fingerprint density at radius 1 is 1.56 bits per heavy atom. The number of hydrogen-bond acceptors (Lipinski definition) is 4. The normalized spacial score (nSPS) is 9.50. The van der Waals surface area contributed by atoms with Gasteiger partial charge in [-0.05, 0) is 18.6 Å². The van der Waals surface area contributed by atoms with Crippen molar-refractivity contribution in [3.63, 3.8) is 0 Å². The quantitative estimate of drug-likeness (QED) is 0.348. The smallest absolute Gasteiger partial charge is 0.342 e. The number of nitrogens with one attached hydrogen (secondary N) is 1. The van der Waals surface area contributed by atoms with Gasteiger partial charge in [-0.15, -0.1) is 12.3 Å². The highest BCUT2D eigenvalue weighted by Gasteiger charge is 2.23. The summed E-state index contributed by atoms with van der Waals surface area (Å²) in [5.41, 5.74) is -0.565. The maximum atomic E-state index is 10.9. The maximum Gasteiger partial charge on any atom is 0.342 e. The van der Waals surface area contributed by atoms with Crippen LogP contribution in [0, 0.1) is 22.5 Å². The molecule has 94 valence electrons. The van der Waals surface area contributed by atoms with Crippen molar-refractivity contribution in [3.05, 3.63) is 33.9 Å². The summed E-state index contributed by atoms with van der Waals surface area (Å²) in [6.07, 6.45) is 6.30. The summed E-state index contributed by atoms with van der Waals surface area (Å²) in [5.74, 6) is 1.13. The van der Waals surface area contributed by atoms with Crippen molar-refractivity contribution >= 4 is 17.3 Å². The zero-order chi connectivity index (χ0) is 13.5. The van der Waals surface area contributed by atoms with Crippen molar-refractivity contribution in [2.75, 3.05) is 11.9 Å². The van der Waals surface area contributed by atoms with Gasteiger partial charge >= 0.3 is 11.7 Å². The molecular formula is C12H12N2O4. The van der Waals surface area contributed by atoms with Gasteiger partial charge < -0.3 is 10.4 Å². The molecule has 6 heteroatoms. The molecule has 0 aromatic heterocycles. The molecular weight excluding hydrogens is 236 g/mol. The van der Waals surface area contributed by atoms with E-state index in [0.29, 0.717) is 19.4 Å². The van der Waals surface area contributed by atoms with Gasteiger partial charge in [0.15, 0.2) is 0 Å². The highest BCUT2D eigenvalue weighted by molar-refractivity contribution is 5.95. The van der Waals surface area contributed by atoms with Crippen LogP contribution in [0.4, 0.5) is 11.4 Å². The van der Waals surface area contributed by atoms with E-state index in [1.165, 1.54) is 18.2 Å². The van der Waals surface area contributed by atoms with Crippen molar-refractivity contribution in [1.29, 1.82) is 0 Å². The van der Waals surface area contributed by atoms with Crippen molar-refractivity contribution in [1.82, 2.24) is 0 Å². The van der Waals surface area contributed by atoms with Gasteiger partial charge in [-0.1, -0.05) is 6.07 Å². The molecule has 0 radical (unpaired) electrons. The van der Waals surface area contributed by atoms with Crippen LogP contribution in [0.3, 0.4) is 0 Å². The SMILES string of the molecule is C#CCCCNc1cccc(C(=O)O)c1[N+](=O)[O-]. The average molecular weight is 248 g/mol. The van der Waals surface area contributed by atoms with Crippen LogP contribution in [0.15, 0.2) is 18.2 Å². The number of carbonyl (C=O) groups is 1. The lowest BCUT2D eigenvalue weighted by atomic mass is 10.1. The average Bonchev–Trinajstić information content (AvgIpc) is 2.33. The number of para-hydroxylation sites is 1. The third-order valence-electron chi connectivity index (χ3n) is 2.26. The fraction of sp³-hybridized carbons (Fsp3) is 0.250. The Morgan fingerprint density at radius 2 is 2.28 bits per heavy atom. The van der Waals surface area contributed by atoms with E-state index in [0.717, 1.165) is 0 Å². The zero-order valence-corrected chi connectivity index (χ0v) is 9.55. The molecule has 1 aromatic rings. The van der Waals surface area contributed by atoms with E-state index in [4.69, 9.17) is 11.5 Å². The molecule has 0 amide bonds. The van der Waals surface area contributed by atoms with Crippen LogP contribution >= 0.6 is 0 Å². The first-order valence-electron chi connectivity index (χ1n) is 5.26. The number of carboxylic acid groups (broad SMARTS) is 1. The highest BCUT2D eigenvalue weighted by atomic mass is 16.6. The van der Waals surface area contributed by atoms with Gasteiger partial charge in [0, 0.05) is 13.0 Å². The van der Waals surface area contributed by atoms with E-state index >= 15 is 0 Å². The number of rotatable bonds is 6. The van der Waals surface area contributed by atoms with E-state index in [9.17, 15) is 14.9 Å². The summed E-state index contributed by atoms with van der Waals surface area (Å²) in [7, 11) is 0. The lowest BCUT2D eigenvalue weighted by molar-refractivity contribution is -0.384. The number of nitrogens with zero attached hydrogens (tertiary/aromatic N) is 1. The maximum absolute atomic E-state index is 10.9. The van der Waals surface area contributed by atoms with Crippen molar-refractivity contribution in [2.24, 2.45) is 0 Å². The number of terminal acetylenes is 1. The minimum atomic E-state index is -1.33. The molecule has 6 nitrogen and oxygen atoms in total. The second kappa shape index (κ2) is 6.25. The standard InChI is InChI=1S/C12H12N2O4/c1-2-3-4-8-13-10-7-5-6-9(12(15)16)11(10)14(17)18/h1,5-7,13H,3-4,8H2,(H,15,16). The third-order valence-corrected chi connectivity index (χ3v) is 2.26. The van der Waals surface area contributed by atoms with Crippen molar-refractivity contribution in [2.45, 2.75) is 12.8 Å². The summed E-state index contributed by atoms with van der Waals surface area (Å²) < 4.78 is 0. The van der Waals surface area contributed by atoms with Crippen LogP contribution in [0.5, 0.6) is 0 Å². The molecule has 18 heavy (non-hydrogen) atoms. The number of benzene rings is 1. The largest absolute Gasteiger partial charge is 0.477 e. The molecule has 0 unspecified atom stereocenters. The van der Waals surface area contributed by atoms with E-state index in [1.807, 2.05) is 0 Å². The fourth-order valence-corrected chi connectivity index (χ4v) is 1.47. The van der Waals surface area contributed by atoms with Gasteiger partial charge in [0.25, 0.3) is 0 Å². The van der Waals surface area contributed by atoms with Gasteiger partial charge in [0.1, 0.15) is 11.3 Å². The predicted octanol–water partition coefficient (Wildman–Crippen LogP) is 2.12. The molecule has 0 aliphatic rings. The Labute approximate surface area is 104 Å². The predicted molar refractivity (Wildman–Crippen MR) is 66.6 cm³/mol. The molecule has 0 fully saturated rings. The van der Waals surface area contributed by atoms with Gasteiger partial charge in [-0.25, -0.2) is 4.79 Å². The molecule has 1 aromatic carbocycles. The second-order valence-electron chi connectivity index (χ2n) is 3.50. The molecule has 0 spiro atoms. The highest BCUT2D eigenvalue weighted by Crippen LogP contribution is 2.28. The summed E-state index contributed by atoms with van der Waals surface area (Å²) in [5, 5.41) is 22.6. The van der Waals surface area contributed by atoms with E-state index in [-0.39, 0.29) is 11.3 Å². The monoisotopic (exact) mass is 248 g/mol. The number of carboxylic acids is 1. The zero-order valence-electron chi connectivity index (χ0n) is 9.55. The third kappa shape index (κ3) is 3.22. The first-order valence-corrected chi connectivity index (χ1v) is 5.26. The van der Waals surface area contributed by atoms with Crippen LogP contribution in [0.25, 0.3) is 0 Å². The molecule has 0 heterocycles. The molecule has 0 saturated heterocycles. The van der Waals surface area contributed by atoms with E-state index in [2.05, 4.69) is 11.2 Å². The van der Waals surface area contributed by atoms with Gasteiger partial charge in [0.2, 0.25) is 0 Å².